The summed E-state index contributed by atoms with van der Waals surface area (Å²) in [5.74, 6) is 0.384. The minimum Gasteiger partial charge on any atom is -0.463 e. The van der Waals surface area contributed by atoms with Crippen molar-refractivity contribution in [3.8, 4) is 12.0 Å². The zero-order chi connectivity index (χ0) is 13.0. The summed E-state index contributed by atoms with van der Waals surface area (Å²) < 4.78 is 16.1. The summed E-state index contributed by atoms with van der Waals surface area (Å²) in [5.41, 5.74) is 0. The lowest BCUT2D eigenvalue weighted by molar-refractivity contribution is 0.161. The molecule has 2 rings (SSSR count). The molecule has 0 aromatic carbocycles. The molecule has 0 aliphatic carbocycles. The van der Waals surface area contributed by atoms with Gasteiger partial charge in [0.15, 0.2) is 0 Å². The van der Waals surface area contributed by atoms with Gasteiger partial charge in [0.1, 0.15) is 0 Å². The fourth-order valence-corrected chi connectivity index (χ4v) is 1.69. The minimum absolute atomic E-state index is 0.0282. The monoisotopic (exact) mass is 273 g/mol. The van der Waals surface area contributed by atoms with Gasteiger partial charge in [-0.05, 0) is 31.9 Å². The Bertz CT molecular complexity index is 397. The third-order valence-electron chi connectivity index (χ3n) is 2.38. The Balaban J connectivity index is 1.96. The van der Waals surface area contributed by atoms with Crippen molar-refractivity contribution in [1.82, 2.24) is 15.0 Å². The topological polar surface area (TPSA) is 66.4 Å². The molecule has 6 nitrogen and oxygen atoms in total. The molecule has 1 fully saturated rings. The van der Waals surface area contributed by atoms with E-state index in [0.717, 1.165) is 13.0 Å². The molecule has 1 aromatic rings. The van der Waals surface area contributed by atoms with Gasteiger partial charge in [-0.2, -0.15) is 9.97 Å². The highest BCUT2D eigenvalue weighted by molar-refractivity contribution is 6.28. The Morgan fingerprint density at radius 1 is 1.33 bits per heavy atom. The molecular weight excluding hydrogens is 258 g/mol. The van der Waals surface area contributed by atoms with Crippen molar-refractivity contribution in [3.63, 3.8) is 0 Å². The van der Waals surface area contributed by atoms with E-state index in [9.17, 15) is 0 Å². The fourth-order valence-electron chi connectivity index (χ4n) is 1.55. The van der Waals surface area contributed by atoms with E-state index >= 15 is 0 Å². The van der Waals surface area contributed by atoms with Crippen LogP contribution in [0.15, 0.2) is 0 Å². The smallest absolute Gasteiger partial charge is 0.324 e. The fraction of sp³-hybridized carbons (Fsp3) is 0.727. The van der Waals surface area contributed by atoms with Gasteiger partial charge < -0.3 is 14.2 Å². The molecule has 7 heteroatoms. The standard InChI is InChI=1S/C11H16ClN3O3/c1-7(2)18-11-14-9(12)13-10(15-11)17-6-8-3-4-16-5-8/h7-8H,3-6H2,1-2H3. The summed E-state index contributed by atoms with van der Waals surface area (Å²) in [4.78, 5) is 11.8. The molecule has 1 aliphatic rings. The van der Waals surface area contributed by atoms with Crippen molar-refractivity contribution in [2.45, 2.75) is 26.4 Å². The second-order valence-corrected chi connectivity index (χ2v) is 4.71. The van der Waals surface area contributed by atoms with Crippen LogP contribution < -0.4 is 9.47 Å². The number of aromatic nitrogens is 3. The van der Waals surface area contributed by atoms with Crippen LogP contribution >= 0.6 is 11.6 Å². The predicted molar refractivity (Wildman–Crippen MR) is 65.0 cm³/mol. The Morgan fingerprint density at radius 3 is 2.78 bits per heavy atom. The first-order chi connectivity index (χ1) is 8.63. The molecule has 0 saturated carbocycles. The van der Waals surface area contributed by atoms with Gasteiger partial charge >= 0.3 is 12.0 Å². The third-order valence-corrected chi connectivity index (χ3v) is 2.55. The van der Waals surface area contributed by atoms with Crippen molar-refractivity contribution in [1.29, 1.82) is 0 Å². The van der Waals surface area contributed by atoms with Crippen LogP contribution in [0, 0.1) is 5.92 Å². The van der Waals surface area contributed by atoms with Gasteiger partial charge in [0, 0.05) is 12.5 Å². The van der Waals surface area contributed by atoms with E-state index in [1.165, 1.54) is 0 Å². The average molecular weight is 274 g/mol. The van der Waals surface area contributed by atoms with Crippen molar-refractivity contribution < 1.29 is 14.2 Å². The maximum Gasteiger partial charge on any atom is 0.324 e. The van der Waals surface area contributed by atoms with Crippen LogP contribution in [0.4, 0.5) is 0 Å². The van der Waals surface area contributed by atoms with Gasteiger partial charge in [0.25, 0.3) is 0 Å². The van der Waals surface area contributed by atoms with Crippen LogP contribution in [0.5, 0.6) is 12.0 Å². The van der Waals surface area contributed by atoms with Gasteiger partial charge in [-0.3, -0.25) is 0 Å². The number of halogens is 1. The molecule has 1 aromatic heterocycles. The van der Waals surface area contributed by atoms with E-state index in [4.69, 9.17) is 25.8 Å². The molecule has 1 unspecified atom stereocenters. The summed E-state index contributed by atoms with van der Waals surface area (Å²) in [6.45, 7) is 5.78. The highest BCUT2D eigenvalue weighted by atomic mass is 35.5. The van der Waals surface area contributed by atoms with Gasteiger partial charge in [-0.15, -0.1) is 4.98 Å². The van der Waals surface area contributed by atoms with Crippen molar-refractivity contribution in [2.75, 3.05) is 19.8 Å². The second-order valence-electron chi connectivity index (χ2n) is 4.38. The van der Waals surface area contributed by atoms with Crippen LogP contribution in [0.3, 0.4) is 0 Å². The lowest BCUT2D eigenvalue weighted by atomic mass is 10.1. The first-order valence-electron chi connectivity index (χ1n) is 5.92. The van der Waals surface area contributed by atoms with E-state index in [0.29, 0.717) is 19.1 Å². The van der Waals surface area contributed by atoms with Crippen molar-refractivity contribution >= 4 is 11.6 Å². The summed E-state index contributed by atoms with van der Waals surface area (Å²) in [6.07, 6.45) is 0.966. The number of ether oxygens (including phenoxy) is 3. The second kappa shape index (κ2) is 6.15. The SMILES string of the molecule is CC(C)Oc1nc(Cl)nc(OCC2CCOC2)n1. The van der Waals surface area contributed by atoms with Gasteiger partial charge in [-0.1, -0.05) is 0 Å². The summed E-state index contributed by atoms with van der Waals surface area (Å²) in [5, 5.41) is 0.0679. The first-order valence-corrected chi connectivity index (χ1v) is 6.30. The van der Waals surface area contributed by atoms with Crippen LogP contribution in [-0.2, 0) is 4.74 Å². The number of rotatable bonds is 5. The molecule has 2 heterocycles. The maximum atomic E-state index is 5.78. The average Bonchev–Trinajstić information content (AvgIpc) is 2.77. The molecule has 1 saturated heterocycles. The van der Waals surface area contributed by atoms with Gasteiger partial charge in [0.05, 0.1) is 19.3 Å². The van der Waals surface area contributed by atoms with Crippen molar-refractivity contribution in [2.24, 2.45) is 5.92 Å². The van der Waals surface area contributed by atoms with Crippen LogP contribution in [0.1, 0.15) is 20.3 Å². The molecule has 1 atom stereocenters. The quantitative estimate of drug-likeness (QED) is 0.814. The molecule has 0 bridgehead atoms. The highest BCUT2D eigenvalue weighted by Crippen LogP contribution is 2.17. The first kappa shape index (κ1) is 13.3. The molecule has 18 heavy (non-hydrogen) atoms. The summed E-state index contributed by atoms with van der Waals surface area (Å²) in [7, 11) is 0. The van der Waals surface area contributed by atoms with E-state index in [1.54, 1.807) is 0 Å². The Kier molecular flexibility index (Phi) is 4.54. The normalized spacial score (nSPS) is 19.2. The van der Waals surface area contributed by atoms with Crippen molar-refractivity contribution in [3.05, 3.63) is 5.28 Å². The van der Waals surface area contributed by atoms with E-state index in [2.05, 4.69) is 15.0 Å². The molecule has 0 amide bonds. The van der Waals surface area contributed by atoms with Crippen LogP contribution in [0.2, 0.25) is 5.28 Å². The zero-order valence-corrected chi connectivity index (χ0v) is 11.2. The molecule has 1 aliphatic heterocycles. The Morgan fingerprint density at radius 2 is 2.11 bits per heavy atom. The molecule has 0 spiro atoms. The zero-order valence-electron chi connectivity index (χ0n) is 10.4. The summed E-state index contributed by atoms with van der Waals surface area (Å²) in [6, 6.07) is 0.375. The van der Waals surface area contributed by atoms with E-state index in [-0.39, 0.29) is 23.4 Å². The number of hydrogen-bond donors (Lipinski definition) is 0. The largest absolute Gasteiger partial charge is 0.463 e. The number of nitrogens with zero attached hydrogens (tertiary/aromatic N) is 3. The molecule has 100 valence electrons. The molecule has 0 radical (unpaired) electrons. The van der Waals surface area contributed by atoms with E-state index < -0.39 is 0 Å². The Labute approximate surface area is 111 Å². The third kappa shape index (κ3) is 3.96. The molecular formula is C11H16ClN3O3. The molecule has 0 N–H and O–H groups in total. The predicted octanol–water partition coefficient (Wildman–Crippen LogP) is 1.73. The lowest BCUT2D eigenvalue weighted by Crippen LogP contribution is -2.14. The lowest BCUT2D eigenvalue weighted by Gasteiger charge is -2.11. The van der Waals surface area contributed by atoms with Crippen LogP contribution in [-0.4, -0.2) is 40.9 Å². The van der Waals surface area contributed by atoms with E-state index in [1.807, 2.05) is 13.8 Å². The minimum atomic E-state index is -0.0282. The maximum absolute atomic E-state index is 5.78. The summed E-state index contributed by atoms with van der Waals surface area (Å²) >= 11 is 5.78. The van der Waals surface area contributed by atoms with Gasteiger partial charge in [0.2, 0.25) is 5.28 Å². The van der Waals surface area contributed by atoms with Crippen LogP contribution in [0.25, 0.3) is 0 Å². The highest BCUT2D eigenvalue weighted by Gasteiger charge is 2.17. The van der Waals surface area contributed by atoms with Gasteiger partial charge in [-0.25, -0.2) is 0 Å². The number of hydrogen-bond acceptors (Lipinski definition) is 6. The Hall–Kier alpha value is -1.14.